The van der Waals surface area contributed by atoms with E-state index in [1.165, 1.54) is 17.8 Å². The van der Waals surface area contributed by atoms with Crippen molar-refractivity contribution >= 4 is 0 Å². The summed E-state index contributed by atoms with van der Waals surface area (Å²) >= 11 is 0. The van der Waals surface area contributed by atoms with E-state index in [1.54, 1.807) is 6.07 Å². The second-order valence-electron chi connectivity index (χ2n) is 6.57. The summed E-state index contributed by atoms with van der Waals surface area (Å²) in [6, 6.07) is 18.5. The molecule has 2 aromatic carbocycles. The van der Waals surface area contributed by atoms with Crippen LogP contribution in [0.2, 0.25) is 0 Å². The van der Waals surface area contributed by atoms with Crippen LogP contribution in [0.1, 0.15) is 29.3 Å². The van der Waals surface area contributed by atoms with Crippen LogP contribution >= 0.6 is 0 Å². The molecule has 1 aliphatic rings. The number of aromatic hydroxyl groups is 1. The second-order valence-corrected chi connectivity index (χ2v) is 6.57. The lowest BCUT2D eigenvalue weighted by atomic mass is 10.0. The molecule has 1 atom stereocenters. The molecule has 25 heavy (non-hydrogen) atoms. The smallest absolute Gasteiger partial charge is 0.123 e. The summed E-state index contributed by atoms with van der Waals surface area (Å²) in [5.74, 6) is 0.0691. The third kappa shape index (κ3) is 3.30. The third-order valence-corrected chi connectivity index (χ3v) is 4.84. The van der Waals surface area contributed by atoms with Crippen LogP contribution in [0.3, 0.4) is 0 Å². The zero-order valence-corrected chi connectivity index (χ0v) is 14.0. The number of nitrogens with zero attached hydrogens (tertiary/aromatic N) is 2. The molecule has 1 aromatic heterocycles. The maximum Gasteiger partial charge on any atom is 0.123 e. The summed E-state index contributed by atoms with van der Waals surface area (Å²) in [7, 11) is 0. The Kier molecular flexibility index (Phi) is 4.28. The van der Waals surface area contributed by atoms with Crippen molar-refractivity contribution in [3.05, 3.63) is 89.5 Å². The van der Waals surface area contributed by atoms with E-state index in [-0.39, 0.29) is 17.6 Å². The van der Waals surface area contributed by atoms with Gasteiger partial charge in [-0.15, -0.1) is 0 Å². The van der Waals surface area contributed by atoms with Gasteiger partial charge in [-0.25, -0.2) is 4.39 Å². The highest BCUT2D eigenvalue weighted by atomic mass is 19.1. The number of hydrogen-bond acceptors (Lipinski definition) is 2. The fraction of sp³-hybridized carbons (Fsp3) is 0.238. The SMILES string of the molecule is Oc1cccc([C@@H]2c3cccn3CCCN2Cc2ccc(F)cc2)c1. The summed E-state index contributed by atoms with van der Waals surface area (Å²) in [5, 5.41) is 9.95. The van der Waals surface area contributed by atoms with Crippen LogP contribution in [0.25, 0.3) is 0 Å². The van der Waals surface area contributed by atoms with Crippen molar-refractivity contribution in [1.82, 2.24) is 9.47 Å². The molecule has 3 nitrogen and oxygen atoms in total. The summed E-state index contributed by atoms with van der Waals surface area (Å²) in [5.41, 5.74) is 3.39. The lowest BCUT2D eigenvalue weighted by molar-refractivity contribution is 0.220. The molecule has 0 aliphatic carbocycles. The molecular formula is C21H21FN2O. The van der Waals surface area contributed by atoms with E-state index in [0.29, 0.717) is 0 Å². The van der Waals surface area contributed by atoms with Gasteiger partial charge in [-0.05, 0) is 53.9 Å². The highest BCUT2D eigenvalue weighted by Crippen LogP contribution is 2.34. The summed E-state index contributed by atoms with van der Waals surface area (Å²) in [6.45, 7) is 2.67. The third-order valence-electron chi connectivity index (χ3n) is 4.84. The number of fused-ring (bicyclic) bond motifs is 1. The second kappa shape index (κ2) is 6.73. The minimum absolute atomic E-state index is 0.0645. The van der Waals surface area contributed by atoms with Crippen molar-refractivity contribution in [2.45, 2.75) is 25.6 Å². The monoisotopic (exact) mass is 336 g/mol. The Morgan fingerprint density at radius 1 is 1.00 bits per heavy atom. The topological polar surface area (TPSA) is 28.4 Å². The number of halogens is 1. The molecule has 0 saturated heterocycles. The normalized spacial score (nSPS) is 17.9. The van der Waals surface area contributed by atoms with Gasteiger partial charge in [0.05, 0.1) is 6.04 Å². The van der Waals surface area contributed by atoms with Gasteiger partial charge in [-0.1, -0.05) is 24.3 Å². The van der Waals surface area contributed by atoms with Crippen LogP contribution in [0.4, 0.5) is 4.39 Å². The highest BCUT2D eigenvalue weighted by molar-refractivity contribution is 5.35. The first-order valence-electron chi connectivity index (χ1n) is 8.63. The Hall–Kier alpha value is -2.59. The quantitative estimate of drug-likeness (QED) is 0.771. The molecular weight excluding hydrogens is 315 g/mol. The van der Waals surface area contributed by atoms with Crippen molar-refractivity contribution in [3.63, 3.8) is 0 Å². The molecule has 4 heteroatoms. The van der Waals surface area contributed by atoms with Gasteiger partial charge in [0.25, 0.3) is 0 Å². The lowest BCUT2D eigenvalue weighted by Gasteiger charge is -2.30. The van der Waals surface area contributed by atoms with Crippen molar-refractivity contribution < 1.29 is 9.50 Å². The maximum atomic E-state index is 13.2. The Morgan fingerprint density at radius 2 is 1.84 bits per heavy atom. The molecule has 0 spiro atoms. The average Bonchev–Trinajstić information content (AvgIpc) is 2.98. The molecule has 0 radical (unpaired) electrons. The first-order valence-corrected chi connectivity index (χ1v) is 8.63. The van der Waals surface area contributed by atoms with Crippen LogP contribution in [0.5, 0.6) is 5.75 Å². The molecule has 0 unspecified atom stereocenters. The first-order chi connectivity index (χ1) is 12.2. The lowest BCUT2D eigenvalue weighted by Crippen LogP contribution is -2.29. The minimum atomic E-state index is -0.210. The Bertz CT molecular complexity index is 856. The van der Waals surface area contributed by atoms with Crippen LogP contribution in [-0.4, -0.2) is 21.1 Å². The van der Waals surface area contributed by atoms with Gasteiger partial charge in [0.1, 0.15) is 11.6 Å². The highest BCUT2D eigenvalue weighted by Gasteiger charge is 2.27. The van der Waals surface area contributed by atoms with Gasteiger partial charge < -0.3 is 9.67 Å². The molecule has 2 heterocycles. The van der Waals surface area contributed by atoms with Crippen LogP contribution in [0.15, 0.2) is 66.9 Å². The van der Waals surface area contributed by atoms with Gasteiger partial charge >= 0.3 is 0 Å². The van der Waals surface area contributed by atoms with E-state index < -0.39 is 0 Å². The Balaban J connectivity index is 1.74. The number of hydrogen-bond donors (Lipinski definition) is 1. The van der Waals surface area contributed by atoms with Gasteiger partial charge in [0.2, 0.25) is 0 Å². The van der Waals surface area contributed by atoms with E-state index in [0.717, 1.165) is 37.2 Å². The summed E-state index contributed by atoms with van der Waals surface area (Å²) in [6.07, 6.45) is 3.17. The van der Waals surface area contributed by atoms with Gasteiger partial charge in [-0.2, -0.15) is 0 Å². The van der Waals surface area contributed by atoms with Crippen LogP contribution in [0, 0.1) is 5.82 Å². The van der Waals surface area contributed by atoms with E-state index in [1.807, 2.05) is 24.3 Å². The molecule has 0 saturated carbocycles. The maximum absolute atomic E-state index is 13.2. The van der Waals surface area contributed by atoms with Crippen molar-refractivity contribution in [2.24, 2.45) is 0 Å². The van der Waals surface area contributed by atoms with Crippen molar-refractivity contribution in [1.29, 1.82) is 0 Å². The number of phenolic OH excluding ortho intramolecular Hbond substituents is 1. The predicted octanol–water partition coefficient (Wildman–Crippen LogP) is 4.33. The minimum Gasteiger partial charge on any atom is -0.508 e. The zero-order chi connectivity index (χ0) is 17.2. The Labute approximate surface area is 147 Å². The van der Waals surface area contributed by atoms with Crippen LogP contribution in [-0.2, 0) is 13.1 Å². The van der Waals surface area contributed by atoms with E-state index in [4.69, 9.17) is 0 Å². The van der Waals surface area contributed by atoms with E-state index >= 15 is 0 Å². The zero-order valence-electron chi connectivity index (χ0n) is 14.0. The molecule has 1 aliphatic heterocycles. The average molecular weight is 336 g/mol. The first kappa shape index (κ1) is 15.9. The van der Waals surface area contributed by atoms with Gasteiger partial charge in [-0.3, -0.25) is 4.90 Å². The fourth-order valence-corrected chi connectivity index (χ4v) is 3.71. The number of aromatic nitrogens is 1. The summed E-state index contributed by atoms with van der Waals surface area (Å²) < 4.78 is 15.5. The number of aryl methyl sites for hydroxylation is 1. The van der Waals surface area contributed by atoms with Gasteiger partial charge in [0, 0.05) is 31.5 Å². The molecule has 0 bridgehead atoms. The van der Waals surface area contributed by atoms with Gasteiger partial charge in [0.15, 0.2) is 0 Å². The standard InChI is InChI=1S/C21H21FN2O/c22-18-9-7-16(8-10-18)15-24-13-3-12-23-11-2-6-20(23)21(24)17-4-1-5-19(25)14-17/h1-2,4-11,14,21,25H,3,12-13,15H2/t21-/m1/s1. The summed E-state index contributed by atoms with van der Waals surface area (Å²) in [4.78, 5) is 2.40. The van der Waals surface area contributed by atoms with E-state index in [2.05, 4.69) is 33.9 Å². The molecule has 128 valence electrons. The number of rotatable bonds is 3. The number of phenols is 1. The molecule has 0 fully saturated rings. The molecule has 1 N–H and O–H groups in total. The predicted molar refractivity (Wildman–Crippen MR) is 95.8 cm³/mol. The van der Waals surface area contributed by atoms with Crippen molar-refractivity contribution in [3.8, 4) is 5.75 Å². The molecule has 0 amide bonds. The fourth-order valence-electron chi connectivity index (χ4n) is 3.71. The molecule has 4 rings (SSSR count). The Morgan fingerprint density at radius 3 is 2.64 bits per heavy atom. The largest absolute Gasteiger partial charge is 0.508 e. The van der Waals surface area contributed by atoms with Crippen molar-refractivity contribution in [2.75, 3.05) is 6.54 Å². The van der Waals surface area contributed by atoms with E-state index in [9.17, 15) is 9.50 Å². The molecule has 3 aromatic rings. The van der Waals surface area contributed by atoms with Crippen LogP contribution < -0.4 is 0 Å². The number of benzene rings is 2.